The third-order valence-corrected chi connectivity index (χ3v) is 3.77. The summed E-state index contributed by atoms with van der Waals surface area (Å²) in [5, 5.41) is 9.89. The molecule has 5 heteroatoms. The number of nitrogens with zero attached hydrogens (tertiary/aromatic N) is 1. The third kappa shape index (κ3) is 6.51. The van der Waals surface area contributed by atoms with E-state index in [9.17, 15) is 14.9 Å². The van der Waals surface area contributed by atoms with Crippen molar-refractivity contribution in [1.82, 2.24) is 0 Å². The molecular weight excluding hydrogens is 306 g/mol. The molecule has 0 aromatic rings. The van der Waals surface area contributed by atoms with E-state index >= 15 is 0 Å². The number of ether oxygens (including phenoxy) is 2. The molecule has 2 atom stereocenters. The number of nitriles is 1. The number of hydrogen-bond acceptors (Lipinski definition) is 5. The summed E-state index contributed by atoms with van der Waals surface area (Å²) < 4.78 is 10.6. The first-order valence-electron chi connectivity index (χ1n) is 9.00. The van der Waals surface area contributed by atoms with Gasteiger partial charge >= 0.3 is 11.9 Å². The van der Waals surface area contributed by atoms with Crippen LogP contribution in [0.1, 0.15) is 67.2 Å². The smallest absolute Gasteiger partial charge is 0.327 e. The molecule has 0 radical (unpaired) electrons. The predicted molar refractivity (Wildman–Crippen MR) is 92.9 cm³/mol. The van der Waals surface area contributed by atoms with E-state index in [4.69, 9.17) is 9.47 Å². The average Bonchev–Trinajstić information content (AvgIpc) is 2.52. The lowest BCUT2D eigenvalue weighted by atomic mass is 9.68. The van der Waals surface area contributed by atoms with Gasteiger partial charge in [-0.15, -0.1) is 0 Å². The lowest BCUT2D eigenvalue weighted by Gasteiger charge is -2.33. The molecule has 0 aliphatic carbocycles. The van der Waals surface area contributed by atoms with Crippen molar-refractivity contribution in [2.45, 2.75) is 67.2 Å². The SMILES string of the molecule is CCCOC(=O)C(CC(C)C)C(C#N)(CC(C)C)C(=O)OCCC. The van der Waals surface area contributed by atoms with Crippen LogP contribution in [0.25, 0.3) is 0 Å². The van der Waals surface area contributed by atoms with Crippen molar-refractivity contribution in [2.24, 2.45) is 23.2 Å². The Hall–Kier alpha value is -1.57. The number of carbonyl (C=O) groups excluding carboxylic acids is 2. The topological polar surface area (TPSA) is 76.4 Å². The van der Waals surface area contributed by atoms with Gasteiger partial charge < -0.3 is 9.47 Å². The summed E-state index contributed by atoms with van der Waals surface area (Å²) in [6.45, 7) is 12.1. The zero-order valence-corrected chi connectivity index (χ0v) is 16.1. The highest BCUT2D eigenvalue weighted by molar-refractivity contribution is 5.88. The van der Waals surface area contributed by atoms with Crippen molar-refractivity contribution in [1.29, 1.82) is 5.26 Å². The molecule has 0 aromatic heterocycles. The first-order valence-corrected chi connectivity index (χ1v) is 9.00. The summed E-state index contributed by atoms with van der Waals surface area (Å²) >= 11 is 0. The summed E-state index contributed by atoms with van der Waals surface area (Å²) in [6.07, 6.45) is 2.07. The fourth-order valence-corrected chi connectivity index (χ4v) is 2.78. The zero-order chi connectivity index (χ0) is 18.8. The van der Waals surface area contributed by atoms with E-state index in [-0.39, 0.29) is 24.9 Å². The van der Waals surface area contributed by atoms with Crippen LogP contribution in [0.5, 0.6) is 0 Å². The Labute approximate surface area is 146 Å². The molecule has 0 spiro atoms. The number of carbonyl (C=O) groups is 2. The van der Waals surface area contributed by atoms with Gasteiger partial charge in [0.05, 0.1) is 25.2 Å². The molecule has 0 aliphatic rings. The second-order valence-corrected chi connectivity index (χ2v) is 7.17. The van der Waals surface area contributed by atoms with Gasteiger partial charge in [0.25, 0.3) is 0 Å². The molecule has 0 saturated carbocycles. The summed E-state index contributed by atoms with van der Waals surface area (Å²) in [5.74, 6) is -1.64. The van der Waals surface area contributed by atoms with E-state index in [1.54, 1.807) is 0 Å². The highest BCUT2D eigenvalue weighted by Crippen LogP contribution is 2.40. The first-order chi connectivity index (χ1) is 11.2. The highest BCUT2D eigenvalue weighted by atomic mass is 16.5. The molecule has 2 unspecified atom stereocenters. The van der Waals surface area contributed by atoms with Gasteiger partial charge in [-0.1, -0.05) is 41.5 Å². The maximum atomic E-state index is 12.7. The molecule has 0 fully saturated rings. The second-order valence-electron chi connectivity index (χ2n) is 7.17. The van der Waals surface area contributed by atoms with E-state index < -0.39 is 23.3 Å². The molecule has 0 rings (SSSR count). The van der Waals surface area contributed by atoms with Crippen molar-refractivity contribution < 1.29 is 19.1 Å². The van der Waals surface area contributed by atoms with Gasteiger partial charge in [0.15, 0.2) is 5.41 Å². The van der Waals surface area contributed by atoms with Crippen LogP contribution in [0.3, 0.4) is 0 Å². The Morgan fingerprint density at radius 2 is 1.54 bits per heavy atom. The Morgan fingerprint density at radius 1 is 1.00 bits per heavy atom. The van der Waals surface area contributed by atoms with Crippen LogP contribution in [0.4, 0.5) is 0 Å². The number of rotatable bonds is 11. The minimum atomic E-state index is -1.49. The highest BCUT2D eigenvalue weighted by Gasteiger charge is 2.52. The van der Waals surface area contributed by atoms with E-state index in [1.807, 2.05) is 41.5 Å². The fraction of sp³-hybridized carbons (Fsp3) is 0.842. The molecule has 0 amide bonds. The molecule has 0 N–H and O–H groups in total. The Bertz CT molecular complexity index is 439. The lowest BCUT2D eigenvalue weighted by molar-refractivity contribution is -0.167. The third-order valence-electron chi connectivity index (χ3n) is 3.77. The molecule has 0 saturated heterocycles. The van der Waals surface area contributed by atoms with Crippen LogP contribution < -0.4 is 0 Å². The fourth-order valence-electron chi connectivity index (χ4n) is 2.78. The van der Waals surface area contributed by atoms with Crippen LogP contribution >= 0.6 is 0 Å². The summed E-state index contributed by atoms with van der Waals surface area (Å²) in [7, 11) is 0. The van der Waals surface area contributed by atoms with Crippen molar-refractivity contribution >= 4 is 11.9 Å². The monoisotopic (exact) mass is 339 g/mol. The molecular formula is C19H33NO4. The van der Waals surface area contributed by atoms with Crippen LogP contribution in [-0.2, 0) is 19.1 Å². The van der Waals surface area contributed by atoms with Crippen LogP contribution in [0.2, 0.25) is 0 Å². The molecule has 5 nitrogen and oxygen atoms in total. The van der Waals surface area contributed by atoms with Gasteiger partial charge in [-0.05, 0) is 37.5 Å². The molecule has 0 heterocycles. The summed E-state index contributed by atoms with van der Waals surface area (Å²) in [6, 6.07) is 2.14. The van der Waals surface area contributed by atoms with Crippen molar-refractivity contribution in [3.8, 4) is 6.07 Å². The van der Waals surface area contributed by atoms with Crippen molar-refractivity contribution in [2.75, 3.05) is 13.2 Å². The second kappa shape index (κ2) is 11.1. The lowest BCUT2D eigenvalue weighted by Crippen LogP contribution is -2.45. The van der Waals surface area contributed by atoms with Gasteiger partial charge in [0, 0.05) is 0 Å². The van der Waals surface area contributed by atoms with Crippen molar-refractivity contribution in [3.63, 3.8) is 0 Å². The van der Waals surface area contributed by atoms with Gasteiger partial charge in [-0.3, -0.25) is 9.59 Å². The molecule has 0 aliphatic heterocycles. The van der Waals surface area contributed by atoms with Crippen LogP contribution in [0.15, 0.2) is 0 Å². The van der Waals surface area contributed by atoms with E-state index in [0.717, 1.165) is 0 Å². The first kappa shape index (κ1) is 22.4. The normalized spacial score (nSPS) is 14.8. The molecule has 0 bridgehead atoms. The predicted octanol–water partition coefficient (Wildman–Crippen LogP) is 4.11. The Kier molecular flexibility index (Phi) is 10.3. The summed E-state index contributed by atoms with van der Waals surface area (Å²) in [5.41, 5.74) is -1.49. The largest absolute Gasteiger partial charge is 0.465 e. The minimum Gasteiger partial charge on any atom is -0.465 e. The van der Waals surface area contributed by atoms with Crippen LogP contribution in [0, 0.1) is 34.5 Å². The maximum Gasteiger partial charge on any atom is 0.327 e. The Balaban J connectivity index is 5.81. The molecule has 138 valence electrons. The van der Waals surface area contributed by atoms with E-state index in [2.05, 4.69) is 6.07 Å². The average molecular weight is 339 g/mol. The maximum absolute atomic E-state index is 12.7. The summed E-state index contributed by atoms with van der Waals surface area (Å²) in [4.78, 5) is 25.4. The van der Waals surface area contributed by atoms with Gasteiger partial charge in [-0.2, -0.15) is 5.26 Å². The zero-order valence-electron chi connectivity index (χ0n) is 16.1. The van der Waals surface area contributed by atoms with Gasteiger partial charge in [0.2, 0.25) is 0 Å². The van der Waals surface area contributed by atoms with Crippen molar-refractivity contribution in [3.05, 3.63) is 0 Å². The Morgan fingerprint density at radius 3 is 1.96 bits per heavy atom. The van der Waals surface area contributed by atoms with Crippen LogP contribution in [-0.4, -0.2) is 25.2 Å². The number of esters is 2. The van der Waals surface area contributed by atoms with Gasteiger partial charge in [0.1, 0.15) is 0 Å². The standard InChI is InChI=1S/C19H33NO4/c1-7-9-23-17(21)16(11-14(3)4)19(13-20,12-15(5)6)18(22)24-10-8-2/h14-16H,7-12H2,1-6H3. The quantitative estimate of drug-likeness (QED) is 0.529. The minimum absolute atomic E-state index is 0.0764. The van der Waals surface area contributed by atoms with Gasteiger partial charge in [-0.25, -0.2) is 0 Å². The number of hydrogen-bond donors (Lipinski definition) is 0. The molecule has 0 aromatic carbocycles. The van der Waals surface area contributed by atoms with E-state index in [0.29, 0.717) is 25.9 Å². The van der Waals surface area contributed by atoms with E-state index in [1.165, 1.54) is 0 Å². The molecule has 24 heavy (non-hydrogen) atoms.